The van der Waals surface area contributed by atoms with Gasteiger partial charge >= 0.3 is 0 Å². The minimum Gasteiger partial charge on any atom is -0.375 e. The Kier molecular flexibility index (Phi) is 4.42. The third-order valence-electron chi connectivity index (χ3n) is 2.71. The van der Waals surface area contributed by atoms with E-state index in [0.717, 1.165) is 11.5 Å². The van der Waals surface area contributed by atoms with E-state index < -0.39 is 5.76 Å². The van der Waals surface area contributed by atoms with Gasteiger partial charge in [0.05, 0.1) is 6.04 Å². The zero-order valence-electron chi connectivity index (χ0n) is 10.7. The molecule has 1 unspecified atom stereocenters. The highest BCUT2D eigenvalue weighted by Gasteiger charge is 2.10. The molecule has 0 saturated carbocycles. The summed E-state index contributed by atoms with van der Waals surface area (Å²) in [7, 11) is 1.93. The Labute approximate surface area is 115 Å². The Bertz CT molecular complexity index is 525. The normalized spacial score (nSPS) is 12.7. The summed E-state index contributed by atoms with van der Waals surface area (Å²) in [5.74, 6) is -1.46. The monoisotopic (exact) mass is 283 g/mol. The summed E-state index contributed by atoms with van der Waals surface area (Å²) < 4.78 is 26.3. The average Bonchev–Trinajstić information content (AvgIpc) is 2.77. The molecule has 1 heterocycles. The summed E-state index contributed by atoms with van der Waals surface area (Å²) in [6.45, 7) is 2.00. The molecule has 0 radical (unpaired) electrons. The molecule has 2 aromatic rings. The fraction of sp³-hybridized carbons (Fsp3) is 0.308. The first-order valence-electron chi connectivity index (χ1n) is 5.85. The number of benzene rings is 1. The van der Waals surface area contributed by atoms with Crippen molar-refractivity contribution < 1.29 is 8.78 Å². The van der Waals surface area contributed by atoms with Crippen LogP contribution < -0.4 is 5.32 Å². The van der Waals surface area contributed by atoms with Crippen molar-refractivity contribution in [3.63, 3.8) is 0 Å². The molecule has 0 spiro atoms. The van der Waals surface area contributed by atoms with Crippen LogP contribution in [-0.4, -0.2) is 15.3 Å². The molecule has 0 amide bonds. The van der Waals surface area contributed by atoms with Crippen molar-refractivity contribution in [1.29, 1.82) is 0 Å². The van der Waals surface area contributed by atoms with Crippen molar-refractivity contribution in [3.05, 3.63) is 42.5 Å². The van der Waals surface area contributed by atoms with E-state index in [1.54, 1.807) is 30.5 Å². The van der Waals surface area contributed by atoms with Gasteiger partial charge in [-0.2, -0.15) is 8.78 Å². The van der Waals surface area contributed by atoms with Gasteiger partial charge in [0.1, 0.15) is 5.82 Å². The van der Waals surface area contributed by atoms with Gasteiger partial charge in [-0.05, 0) is 31.2 Å². The lowest BCUT2D eigenvalue weighted by atomic mass is 10.2. The lowest BCUT2D eigenvalue weighted by Gasteiger charge is -2.15. The highest BCUT2D eigenvalue weighted by molar-refractivity contribution is 7.99. The van der Waals surface area contributed by atoms with Crippen LogP contribution in [0.25, 0.3) is 0 Å². The summed E-state index contributed by atoms with van der Waals surface area (Å²) in [6, 6.07) is 7.01. The van der Waals surface area contributed by atoms with Gasteiger partial charge in [-0.1, -0.05) is 11.8 Å². The van der Waals surface area contributed by atoms with Crippen molar-refractivity contribution >= 4 is 17.4 Å². The molecular weight excluding hydrogens is 268 g/mol. The van der Waals surface area contributed by atoms with Crippen LogP contribution in [0.2, 0.25) is 0 Å². The third-order valence-corrected chi connectivity index (χ3v) is 3.43. The van der Waals surface area contributed by atoms with Crippen LogP contribution in [0, 0.1) is 0 Å². The summed E-state index contributed by atoms with van der Waals surface area (Å²) in [4.78, 5) is 4.83. The molecule has 1 aromatic carbocycles. The van der Waals surface area contributed by atoms with E-state index in [1.165, 1.54) is 0 Å². The molecule has 0 aliphatic carbocycles. The van der Waals surface area contributed by atoms with Crippen molar-refractivity contribution in [2.75, 3.05) is 5.32 Å². The lowest BCUT2D eigenvalue weighted by Crippen LogP contribution is -2.11. The van der Waals surface area contributed by atoms with Crippen LogP contribution in [0.4, 0.5) is 14.5 Å². The van der Waals surface area contributed by atoms with E-state index in [0.29, 0.717) is 16.7 Å². The SMILES string of the molecule is CC(Nc1ccc(SC(F)F)cc1)c1nccn1C. The molecule has 0 aliphatic rings. The van der Waals surface area contributed by atoms with Gasteiger partial charge in [-0.15, -0.1) is 0 Å². The highest BCUT2D eigenvalue weighted by Crippen LogP contribution is 2.27. The van der Waals surface area contributed by atoms with Gasteiger partial charge in [0.25, 0.3) is 5.76 Å². The van der Waals surface area contributed by atoms with Crippen molar-refractivity contribution in [3.8, 4) is 0 Å². The summed E-state index contributed by atoms with van der Waals surface area (Å²) in [5.41, 5.74) is 0.883. The first-order valence-corrected chi connectivity index (χ1v) is 6.73. The quantitative estimate of drug-likeness (QED) is 0.844. The van der Waals surface area contributed by atoms with Crippen LogP contribution >= 0.6 is 11.8 Å². The first-order chi connectivity index (χ1) is 9.06. The maximum Gasteiger partial charge on any atom is 0.288 e. The highest BCUT2D eigenvalue weighted by atomic mass is 32.2. The number of anilines is 1. The number of aromatic nitrogens is 2. The second-order valence-corrected chi connectivity index (χ2v) is 5.23. The van der Waals surface area contributed by atoms with Crippen molar-refractivity contribution in [2.45, 2.75) is 23.6 Å². The predicted octanol–water partition coefficient (Wildman–Crippen LogP) is 3.91. The average molecular weight is 283 g/mol. The van der Waals surface area contributed by atoms with E-state index in [2.05, 4.69) is 10.3 Å². The third kappa shape index (κ3) is 3.70. The molecule has 0 fully saturated rings. The largest absolute Gasteiger partial charge is 0.375 e. The van der Waals surface area contributed by atoms with E-state index in [-0.39, 0.29) is 6.04 Å². The number of aryl methyl sites for hydroxylation is 1. The first kappa shape index (κ1) is 13.9. The maximum atomic E-state index is 12.2. The van der Waals surface area contributed by atoms with Crippen molar-refractivity contribution in [2.24, 2.45) is 7.05 Å². The Hall–Kier alpha value is -1.56. The minimum absolute atomic E-state index is 0.0496. The number of hydrogen-bond acceptors (Lipinski definition) is 3. The van der Waals surface area contributed by atoms with Gasteiger partial charge < -0.3 is 9.88 Å². The minimum atomic E-state index is -2.38. The van der Waals surface area contributed by atoms with Crippen LogP contribution in [0.15, 0.2) is 41.6 Å². The Balaban J connectivity index is 2.01. The van der Waals surface area contributed by atoms with Gasteiger partial charge in [-0.25, -0.2) is 4.98 Å². The van der Waals surface area contributed by atoms with Crippen molar-refractivity contribution in [1.82, 2.24) is 9.55 Å². The fourth-order valence-electron chi connectivity index (χ4n) is 1.84. The van der Waals surface area contributed by atoms with Crippen LogP contribution in [-0.2, 0) is 7.05 Å². The lowest BCUT2D eigenvalue weighted by molar-refractivity contribution is 0.252. The Morgan fingerprint density at radius 1 is 1.26 bits per heavy atom. The molecule has 0 saturated heterocycles. The number of nitrogens with zero attached hydrogens (tertiary/aromatic N) is 2. The zero-order valence-corrected chi connectivity index (χ0v) is 11.5. The molecule has 6 heteroatoms. The van der Waals surface area contributed by atoms with Gasteiger partial charge in [0.15, 0.2) is 0 Å². The van der Waals surface area contributed by atoms with E-state index >= 15 is 0 Å². The number of halogens is 2. The second kappa shape index (κ2) is 6.06. The number of imidazole rings is 1. The molecule has 19 heavy (non-hydrogen) atoms. The van der Waals surface area contributed by atoms with E-state index in [4.69, 9.17) is 0 Å². The topological polar surface area (TPSA) is 29.9 Å². The summed E-state index contributed by atoms with van der Waals surface area (Å²) in [6.07, 6.45) is 3.63. The standard InChI is InChI=1S/C13H15F2N3S/c1-9(12-16-7-8-18(12)2)17-10-3-5-11(6-4-10)19-13(14)15/h3-9,13,17H,1-2H3. The zero-order chi connectivity index (χ0) is 13.8. The van der Waals surface area contributed by atoms with E-state index in [1.807, 2.05) is 24.7 Å². The molecule has 0 aliphatic heterocycles. The number of thioether (sulfide) groups is 1. The van der Waals surface area contributed by atoms with E-state index in [9.17, 15) is 8.78 Å². The van der Waals surface area contributed by atoms with Crippen LogP contribution in [0.5, 0.6) is 0 Å². The van der Waals surface area contributed by atoms with Gasteiger partial charge in [0.2, 0.25) is 0 Å². The molecule has 1 N–H and O–H groups in total. The molecule has 3 nitrogen and oxygen atoms in total. The summed E-state index contributed by atoms with van der Waals surface area (Å²) in [5, 5.41) is 3.29. The Morgan fingerprint density at radius 3 is 2.47 bits per heavy atom. The number of hydrogen-bond donors (Lipinski definition) is 1. The van der Waals surface area contributed by atoms with Crippen LogP contribution in [0.3, 0.4) is 0 Å². The fourth-order valence-corrected chi connectivity index (χ4v) is 2.34. The molecule has 2 rings (SSSR count). The molecule has 1 atom stereocenters. The molecule has 0 bridgehead atoms. The van der Waals surface area contributed by atoms with Crippen LogP contribution in [0.1, 0.15) is 18.8 Å². The predicted molar refractivity (Wildman–Crippen MR) is 73.5 cm³/mol. The van der Waals surface area contributed by atoms with Gasteiger partial charge in [-0.3, -0.25) is 0 Å². The Morgan fingerprint density at radius 2 is 1.95 bits per heavy atom. The van der Waals surface area contributed by atoms with Gasteiger partial charge in [0, 0.05) is 30.0 Å². The number of alkyl halides is 2. The molecule has 1 aromatic heterocycles. The number of rotatable bonds is 5. The molecular formula is C13H15F2N3S. The molecule has 102 valence electrons. The smallest absolute Gasteiger partial charge is 0.288 e. The maximum absolute atomic E-state index is 12.2. The second-order valence-electron chi connectivity index (χ2n) is 4.17. The number of nitrogens with one attached hydrogen (secondary N) is 1. The summed E-state index contributed by atoms with van der Waals surface area (Å²) >= 11 is 0.549.